The molecular weight excluding hydrogens is 352 g/mol. The molecule has 146 valence electrons. The molecule has 1 atom stereocenters. The molecule has 0 spiro atoms. The Morgan fingerprint density at radius 2 is 1.89 bits per heavy atom. The number of hydrogen-bond acceptors (Lipinski definition) is 3. The van der Waals surface area contributed by atoms with E-state index >= 15 is 0 Å². The smallest absolute Gasteiger partial charge is 0.246 e. The van der Waals surface area contributed by atoms with Gasteiger partial charge in [0.2, 0.25) is 11.8 Å². The van der Waals surface area contributed by atoms with E-state index < -0.39 is 0 Å². The van der Waals surface area contributed by atoms with Crippen LogP contribution in [0.5, 0.6) is 5.75 Å². The van der Waals surface area contributed by atoms with E-state index in [-0.39, 0.29) is 17.7 Å². The van der Waals surface area contributed by atoms with Gasteiger partial charge in [-0.2, -0.15) is 0 Å². The molecule has 5 heteroatoms. The normalized spacial score (nSPS) is 16.8. The van der Waals surface area contributed by atoms with E-state index in [1.165, 1.54) is 0 Å². The van der Waals surface area contributed by atoms with E-state index in [4.69, 9.17) is 4.74 Å². The summed E-state index contributed by atoms with van der Waals surface area (Å²) in [4.78, 5) is 26.9. The quantitative estimate of drug-likeness (QED) is 0.774. The van der Waals surface area contributed by atoms with E-state index in [0.717, 1.165) is 29.8 Å². The van der Waals surface area contributed by atoms with Gasteiger partial charge in [-0.1, -0.05) is 36.4 Å². The largest absolute Gasteiger partial charge is 0.493 e. The molecule has 0 bridgehead atoms. The fraction of sp³-hybridized carbons (Fsp3) is 0.304. The molecule has 2 aromatic rings. The third-order valence-corrected chi connectivity index (χ3v) is 4.77. The molecule has 0 saturated carbocycles. The molecule has 2 aromatic carbocycles. The summed E-state index contributed by atoms with van der Waals surface area (Å²) in [6, 6.07) is 17.0. The highest BCUT2D eigenvalue weighted by Crippen LogP contribution is 2.21. The number of carbonyl (C=O) groups excluding carboxylic acids is 2. The van der Waals surface area contributed by atoms with Gasteiger partial charge in [-0.3, -0.25) is 9.59 Å². The number of amides is 2. The van der Waals surface area contributed by atoms with Crippen molar-refractivity contribution in [3.8, 4) is 5.75 Å². The molecular formula is C23H26N2O3. The molecule has 1 unspecified atom stereocenters. The predicted molar refractivity (Wildman–Crippen MR) is 111 cm³/mol. The SMILES string of the molecule is CCOc1ccccc1/C=C/C(=O)N1CCCC(C(=O)Nc2ccccc2)C1. The number of para-hydroxylation sites is 2. The second-order valence-corrected chi connectivity index (χ2v) is 6.78. The number of ether oxygens (including phenoxy) is 1. The monoisotopic (exact) mass is 378 g/mol. The van der Waals surface area contributed by atoms with Gasteiger partial charge < -0.3 is 15.0 Å². The van der Waals surface area contributed by atoms with Gasteiger partial charge in [0, 0.05) is 30.4 Å². The molecule has 1 aliphatic heterocycles. The van der Waals surface area contributed by atoms with E-state index in [9.17, 15) is 9.59 Å². The fourth-order valence-corrected chi connectivity index (χ4v) is 3.33. The second kappa shape index (κ2) is 9.74. The lowest BCUT2D eigenvalue weighted by molar-refractivity contribution is -0.130. The number of anilines is 1. The zero-order valence-electron chi connectivity index (χ0n) is 16.1. The van der Waals surface area contributed by atoms with Crippen molar-refractivity contribution in [2.24, 2.45) is 5.92 Å². The van der Waals surface area contributed by atoms with Crippen molar-refractivity contribution in [3.05, 3.63) is 66.2 Å². The molecule has 1 N–H and O–H groups in total. The molecule has 5 nitrogen and oxygen atoms in total. The Labute approximate surface area is 166 Å². The van der Waals surface area contributed by atoms with Crippen LogP contribution in [0.3, 0.4) is 0 Å². The summed E-state index contributed by atoms with van der Waals surface area (Å²) in [6.07, 6.45) is 4.96. The lowest BCUT2D eigenvalue weighted by Gasteiger charge is -2.31. The van der Waals surface area contributed by atoms with Crippen molar-refractivity contribution in [1.82, 2.24) is 4.90 Å². The van der Waals surface area contributed by atoms with E-state index in [0.29, 0.717) is 19.7 Å². The average Bonchev–Trinajstić information content (AvgIpc) is 2.74. The van der Waals surface area contributed by atoms with Crippen LogP contribution in [-0.2, 0) is 9.59 Å². The van der Waals surface area contributed by atoms with Crippen molar-refractivity contribution >= 4 is 23.6 Å². The molecule has 0 aliphatic carbocycles. The van der Waals surface area contributed by atoms with Crippen molar-refractivity contribution in [2.45, 2.75) is 19.8 Å². The van der Waals surface area contributed by atoms with Crippen LogP contribution in [0, 0.1) is 5.92 Å². The summed E-state index contributed by atoms with van der Waals surface area (Å²) in [5.41, 5.74) is 1.65. The number of piperidine rings is 1. The molecule has 1 saturated heterocycles. The molecule has 1 aliphatic rings. The first-order chi connectivity index (χ1) is 13.7. The van der Waals surface area contributed by atoms with Gasteiger partial charge in [0.25, 0.3) is 0 Å². The summed E-state index contributed by atoms with van der Waals surface area (Å²) in [7, 11) is 0. The van der Waals surface area contributed by atoms with Crippen LogP contribution in [0.2, 0.25) is 0 Å². The van der Waals surface area contributed by atoms with Gasteiger partial charge in [-0.25, -0.2) is 0 Å². The Morgan fingerprint density at radius 1 is 1.14 bits per heavy atom. The Kier molecular flexibility index (Phi) is 6.84. The lowest BCUT2D eigenvalue weighted by atomic mass is 9.97. The maximum absolute atomic E-state index is 12.6. The molecule has 1 fully saturated rings. The third-order valence-electron chi connectivity index (χ3n) is 4.77. The number of benzene rings is 2. The molecule has 0 aromatic heterocycles. The predicted octanol–water partition coefficient (Wildman–Crippen LogP) is 3.98. The van der Waals surface area contributed by atoms with E-state index in [1.54, 1.807) is 17.1 Å². The minimum atomic E-state index is -0.193. The molecule has 28 heavy (non-hydrogen) atoms. The summed E-state index contributed by atoms with van der Waals surface area (Å²) < 4.78 is 5.59. The summed E-state index contributed by atoms with van der Waals surface area (Å²) in [6.45, 7) is 3.61. The number of carbonyl (C=O) groups is 2. The summed E-state index contributed by atoms with van der Waals surface area (Å²) in [5.74, 6) is 0.452. The highest BCUT2D eigenvalue weighted by atomic mass is 16.5. The first-order valence-electron chi connectivity index (χ1n) is 9.72. The molecule has 1 heterocycles. The van der Waals surface area contributed by atoms with E-state index in [2.05, 4.69) is 5.32 Å². The van der Waals surface area contributed by atoms with Crippen LogP contribution in [0.15, 0.2) is 60.7 Å². The average molecular weight is 378 g/mol. The number of likely N-dealkylation sites (tertiary alicyclic amines) is 1. The van der Waals surface area contributed by atoms with Gasteiger partial charge in [-0.05, 0) is 44.0 Å². The van der Waals surface area contributed by atoms with Crippen molar-refractivity contribution < 1.29 is 14.3 Å². The first kappa shape index (κ1) is 19.7. The van der Waals surface area contributed by atoms with Gasteiger partial charge >= 0.3 is 0 Å². The van der Waals surface area contributed by atoms with Gasteiger partial charge in [0.1, 0.15) is 5.75 Å². The highest BCUT2D eigenvalue weighted by Gasteiger charge is 2.27. The maximum Gasteiger partial charge on any atom is 0.246 e. The Balaban J connectivity index is 1.60. The van der Waals surface area contributed by atoms with Crippen LogP contribution < -0.4 is 10.1 Å². The highest BCUT2D eigenvalue weighted by molar-refractivity contribution is 5.95. The summed E-state index contributed by atoms with van der Waals surface area (Å²) in [5, 5.41) is 2.94. The van der Waals surface area contributed by atoms with Crippen LogP contribution in [0.1, 0.15) is 25.3 Å². The molecule has 2 amide bonds. The van der Waals surface area contributed by atoms with E-state index in [1.807, 2.05) is 61.5 Å². The minimum absolute atomic E-state index is 0.0330. The van der Waals surface area contributed by atoms with Crippen LogP contribution in [-0.4, -0.2) is 36.4 Å². The number of nitrogens with zero attached hydrogens (tertiary/aromatic N) is 1. The van der Waals surface area contributed by atoms with Crippen molar-refractivity contribution in [2.75, 3.05) is 25.0 Å². The topological polar surface area (TPSA) is 58.6 Å². The molecule has 0 radical (unpaired) electrons. The third kappa shape index (κ3) is 5.22. The lowest BCUT2D eigenvalue weighted by Crippen LogP contribution is -2.43. The fourth-order valence-electron chi connectivity index (χ4n) is 3.33. The van der Waals surface area contributed by atoms with Gasteiger partial charge in [0.15, 0.2) is 0 Å². The van der Waals surface area contributed by atoms with Crippen molar-refractivity contribution in [1.29, 1.82) is 0 Å². The Morgan fingerprint density at radius 3 is 2.68 bits per heavy atom. The number of hydrogen-bond donors (Lipinski definition) is 1. The molecule has 3 rings (SSSR count). The zero-order valence-corrected chi connectivity index (χ0v) is 16.1. The van der Waals surface area contributed by atoms with Crippen LogP contribution in [0.4, 0.5) is 5.69 Å². The van der Waals surface area contributed by atoms with Crippen molar-refractivity contribution in [3.63, 3.8) is 0 Å². The summed E-state index contributed by atoms with van der Waals surface area (Å²) >= 11 is 0. The van der Waals surface area contributed by atoms with Crippen LogP contribution in [0.25, 0.3) is 6.08 Å². The standard InChI is InChI=1S/C23H26N2O3/c1-2-28-21-13-7-6-9-18(21)14-15-22(26)25-16-8-10-19(17-25)23(27)24-20-11-4-3-5-12-20/h3-7,9,11-15,19H,2,8,10,16-17H2,1H3,(H,24,27)/b15-14+. The Hall–Kier alpha value is -3.08. The second-order valence-electron chi connectivity index (χ2n) is 6.78. The maximum atomic E-state index is 12.6. The van der Waals surface area contributed by atoms with Gasteiger partial charge in [0.05, 0.1) is 12.5 Å². The van der Waals surface area contributed by atoms with Gasteiger partial charge in [-0.15, -0.1) is 0 Å². The number of rotatable bonds is 6. The first-order valence-corrected chi connectivity index (χ1v) is 9.72. The zero-order chi connectivity index (χ0) is 19.8. The van der Waals surface area contributed by atoms with Crippen LogP contribution >= 0.6 is 0 Å². The minimum Gasteiger partial charge on any atom is -0.493 e. The Bertz CT molecular complexity index is 833. The number of nitrogens with one attached hydrogen (secondary N) is 1.